The van der Waals surface area contributed by atoms with Gasteiger partial charge in [-0.15, -0.1) is 0 Å². The summed E-state index contributed by atoms with van der Waals surface area (Å²) in [5, 5.41) is 3.08. The molecule has 0 saturated carbocycles. The van der Waals surface area contributed by atoms with E-state index in [2.05, 4.69) is 15.3 Å². The van der Waals surface area contributed by atoms with Gasteiger partial charge in [-0.2, -0.15) is 0 Å². The molecule has 0 aliphatic rings. The molecule has 0 fully saturated rings. The van der Waals surface area contributed by atoms with Gasteiger partial charge >= 0.3 is 0 Å². The predicted octanol–water partition coefficient (Wildman–Crippen LogP) is 2.00. The van der Waals surface area contributed by atoms with E-state index < -0.39 is 0 Å². The Kier molecular flexibility index (Phi) is 6.23. The maximum Gasteiger partial charge on any atom is 0.188 e. The summed E-state index contributed by atoms with van der Waals surface area (Å²) in [5.41, 5.74) is 6.87. The molecule has 2 rings (SSSR count). The van der Waals surface area contributed by atoms with Crippen molar-refractivity contribution in [2.45, 2.75) is 19.4 Å². The van der Waals surface area contributed by atoms with Gasteiger partial charge in [0.2, 0.25) is 0 Å². The van der Waals surface area contributed by atoms with Crippen LogP contribution in [0.25, 0.3) is 0 Å². The third-order valence-corrected chi connectivity index (χ3v) is 3.01. The van der Waals surface area contributed by atoms with E-state index in [4.69, 9.17) is 10.5 Å². The molecular weight excluding hydrogens is 276 g/mol. The van der Waals surface area contributed by atoms with Crippen molar-refractivity contribution < 1.29 is 4.74 Å². The summed E-state index contributed by atoms with van der Waals surface area (Å²) in [6, 6.07) is 15.6. The number of aromatic nitrogens is 1. The maximum atomic E-state index is 5.84. The van der Waals surface area contributed by atoms with Crippen LogP contribution < -0.4 is 15.8 Å². The Morgan fingerprint density at radius 2 is 2.00 bits per heavy atom. The van der Waals surface area contributed by atoms with Crippen LogP contribution in [0.15, 0.2) is 59.7 Å². The van der Waals surface area contributed by atoms with E-state index in [1.165, 1.54) is 0 Å². The molecule has 22 heavy (non-hydrogen) atoms. The van der Waals surface area contributed by atoms with E-state index in [9.17, 15) is 0 Å². The van der Waals surface area contributed by atoms with E-state index in [1.807, 2.05) is 55.5 Å². The molecular formula is C17H22N4O. The van der Waals surface area contributed by atoms with E-state index in [-0.39, 0.29) is 6.10 Å². The monoisotopic (exact) mass is 298 g/mol. The normalized spacial score (nSPS) is 12.7. The standard InChI is InChI=1S/C17H22N4O/c1-14(22-16-8-3-2-4-9-16)13-21-17(18)20-12-10-15-7-5-6-11-19-15/h2-9,11,14H,10,12-13H2,1H3,(H3,18,20,21). The highest BCUT2D eigenvalue weighted by Crippen LogP contribution is 2.10. The van der Waals surface area contributed by atoms with Crippen LogP contribution in [-0.2, 0) is 6.42 Å². The van der Waals surface area contributed by atoms with Gasteiger partial charge in [-0.1, -0.05) is 24.3 Å². The fourth-order valence-electron chi connectivity index (χ4n) is 1.92. The van der Waals surface area contributed by atoms with Crippen molar-refractivity contribution in [1.82, 2.24) is 10.3 Å². The third kappa shape index (κ3) is 5.83. The van der Waals surface area contributed by atoms with Gasteiger partial charge in [-0.25, -0.2) is 4.99 Å². The zero-order valence-corrected chi connectivity index (χ0v) is 12.8. The topological polar surface area (TPSA) is 72.5 Å². The van der Waals surface area contributed by atoms with Gasteiger partial charge in [0, 0.05) is 24.9 Å². The average Bonchev–Trinajstić information content (AvgIpc) is 2.55. The molecule has 2 aromatic rings. The van der Waals surface area contributed by atoms with Crippen molar-refractivity contribution in [3.8, 4) is 5.75 Å². The molecule has 1 atom stereocenters. The summed E-state index contributed by atoms with van der Waals surface area (Å²) >= 11 is 0. The molecule has 0 aliphatic heterocycles. The van der Waals surface area contributed by atoms with Gasteiger partial charge < -0.3 is 15.8 Å². The highest BCUT2D eigenvalue weighted by molar-refractivity contribution is 5.77. The Morgan fingerprint density at radius 1 is 1.23 bits per heavy atom. The van der Waals surface area contributed by atoms with E-state index in [1.54, 1.807) is 6.20 Å². The molecule has 1 aromatic heterocycles. The first-order chi connectivity index (χ1) is 10.7. The molecule has 0 amide bonds. The van der Waals surface area contributed by atoms with Crippen molar-refractivity contribution in [2.75, 3.05) is 13.1 Å². The molecule has 1 unspecified atom stereocenters. The summed E-state index contributed by atoms with van der Waals surface area (Å²) in [6.45, 7) is 3.19. The Labute approximate surface area is 131 Å². The Bertz CT molecular complexity index is 572. The smallest absolute Gasteiger partial charge is 0.188 e. The van der Waals surface area contributed by atoms with Crippen molar-refractivity contribution in [1.29, 1.82) is 0 Å². The number of para-hydroxylation sites is 1. The predicted molar refractivity (Wildman–Crippen MR) is 89.0 cm³/mol. The van der Waals surface area contributed by atoms with Crippen LogP contribution >= 0.6 is 0 Å². The van der Waals surface area contributed by atoms with Crippen molar-refractivity contribution in [2.24, 2.45) is 10.7 Å². The highest BCUT2D eigenvalue weighted by Gasteiger charge is 2.03. The summed E-state index contributed by atoms with van der Waals surface area (Å²) in [5.74, 6) is 1.27. The molecule has 1 aromatic carbocycles. The van der Waals surface area contributed by atoms with Crippen LogP contribution in [0, 0.1) is 0 Å². The van der Waals surface area contributed by atoms with Crippen LogP contribution in [0.3, 0.4) is 0 Å². The van der Waals surface area contributed by atoms with E-state index in [0.29, 0.717) is 19.0 Å². The maximum absolute atomic E-state index is 5.84. The van der Waals surface area contributed by atoms with Crippen molar-refractivity contribution in [3.05, 3.63) is 60.4 Å². The lowest BCUT2D eigenvalue weighted by Crippen LogP contribution is -2.34. The van der Waals surface area contributed by atoms with Crippen molar-refractivity contribution in [3.63, 3.8) is 0 Å². The number of rotatable bonds is 7. The molecule has 116 valence electrons. The van der Waals surface area contributed by atoms with Gasteiger partial charge in [0.15, 0.2) is 5.96 Å². The third-order valence-electron chi connectivity index (χ3n) is 3.01. The molecule has 0 saturated heterocycles. The number of pyridine rings is 1. The first-order valence-corrected chi connectivity index (χ1v) is 7.39. The summed E-state index contributed by atoms with van der Waals surface area (Å²) in [4.78, 5) is 8.55. The lowest BCUT2D eigenvalue weighted by Gasteiger charge is -2.13. The Morgan fingerprint density at radius 3 is 2.73 bits per heavy atom. The largest absolute Gasteiger partial charge is 0.489 e. The van der Waals surface area contributed by atoms with E-state index in [0.717, 1.165) is 17.9 Å². The van der Waals surface area contributed by atoms with Crippen LogP contribution in [0.1, 0.15) is 12.6 Å². The number of nitrogens with two attached hydrogens (primary N) is 1. The first kappa shape index (κ1) is 15.8. The second kappa shape index (κ2) is 8.67. The van der Waals surface area contributed by atoms with Gasteiger partial charge in [0.1, 0.15) is 11.9 Å². The lowest BCUT2D eigenvalue weighted by atomic mass is 10.3. The quantitative estimate of drug-likeness (QED) is 0.606. The van der Waals surface area contributed by atoms with Crippen LogP contribution in [0.2, 0.25) is 0 Å². The number of ether oxygens (including phenoxy) is 1. The molecule has 0 aliphatic carbocycles. The minimum absolute atomic E-state index is 0.0291. The number of aliphatic imine (C=N–C) groups is 1. The van der Waals surface area contributed by atoms with Crippen LogP contribution in [0.5, 0.6) is 5.75 Å². The SMILES string of the molecule is CC(CN=C(N)NCCc1ccccn1)Oc1ccccc1. The summed E-state index contributed by atoms with van der Waals surface area (Å²) in [7, 11) is 0. The van der Waals surface area contributed by atoms with Crippen LogP contribution in [0.4, 0.5) is 0 Å². The number of guanidine groups is 1. The fourth-order valence-corrected chi connectivity index (χ4v) is 1.92. The number of nitrogens with zero attached hydrogens (tertiary/aromatic N) is 2. The number of benzene rings is 1. The second-order valence-electron chi connectivity index (χ2n) is 4.97. The first-order valence-electron chi connectivity index (χ1n) is 7.39. The fraction of sp³-hybridized carbons (Fsp3) is 0.294. The molecule has 3 N–H and O–H groups in total. The molecule has 0 radical (unpaired) electrons. The van der Waals surface area contributed by atoms with Crippen molar-refractivity contribution >= 4 is 5.96 Å². The number of nitrogens with one attached hydrogen (secondary N) is 1. The van der Waals surface area contributed by atoms with Gasteiger partial charge in [-0.05, 0) is 31.2 Å². The zero-order chi connectivity index (χ0) is 15.6. The van der Waals surface area contributed by atoms with Gasteiger partial charge in [-0.3, -0.25) is 4.98 Å². The Balaban J connectivity index is 1.68. The second-order valence-corrected chi connectivity index (χ2v) is 4.97. The lowest BCUT2D eigenvalue weighted by molar-refractivity contribution is 0.230. The molecule has 0 bridgehead atoms. The van der Waals surface area contributed by atoms with Gasteiger partial charge in [0.05, 0.1) is 6.54 Å². The zero-order valence-electron chi connectivity index (χ0n) is 12.8. The average molecular weight is 298 g/mol. The molecule has 5 nitrogen and oxygen atoms in total. The van der Waals surface area contributed by atoms with E-state index >= 15 is 0 Å². The highest BCUT2D eigenvalue weighted by atomic mass is 16.5. The number of hydrogen-bond acceptors (Lipinski definition) is 3. The summed E-state index contributed by atoms with van der Waals surface area (Å²) < 4.78 is 5.74. The van der Waals surface area contributed by atoms with Gasteiger partial charge in [0.25, 0.3) is 0 Å². The Hall–Kier alpha value is -2.56. The summed E-state index contributed by atoms with van der Waals surface area (Å²) in [6.07, 6.45) is 2.57. The minimum atomic E-state index is -0.0291. The molecule has 5 heteroatoms. The number of hydrogen-bond donors (Lipinski definition) is 2. The van der Waals surface area contributed by atoms with Crippen LogP contribution in [-0.4, -0.2) is 30.1 Å². The molecule has 0 spiro atoms. The minimum Gasteiger partial charge on any atom is -0.489 e. The molecule has 1 heterocycles.